The van der Waals surface area contributed by atoms with Crippen molar-refractivity contribution in [3.63, 3.8) is 0 Å². The summed E-state index contributed by atoms with van der Waals surface area (Å²) in [5.41, 5.74) is 2.18. The Hall–Kier alpha value is -3.73. The van der Waals surface area contributed by atoms with E-state index in [1.54, 1.807) is 24.4 Å². The summed E-state index contributed by atoms with van der Waals surface area (Å²) in [6.45, 7) is 1.63. The van der Waals surface area contributed by atoms with Crippen LogP contribution in [0.1, 0.15) is 15.9 Å². The number of halogens is 3. The standard InChI is InChI=1S/C23H22F3N5O3/c24-23(25,26)15-34-19-5-3-16(4-6-19)20-12-18(14-29-30-20)22(32)28-13-17-2-1-7-27-21(17)31-8-10-33-11-9-31/h1-7,12,14H,8-11,13,15H2,(H,28,32). The third-order valence-electron chi connectivity index (χ3n) is 5.09. The van der Waals surface area contributed by atoms with E-state index in [4.69, 9.17) is 9.47 Å². The van der Waals surface area contributed by atoms with Gasteiger partial charge in [-0.3, -0.25) is 4.79 Å². The van der Waals surface area contributed by atoms with Crippen molar-refractivity contribution in [3.05, 3.63) is 66.0 Å². The smallest absolute Gasteiger partial charge is 0.422 e. The van der Waals surface area contributed by atoms with Crippen LogP contribution in [0.5, 0.6) is 5.75 Å². The van der Waals surface area contributed by atoms with Gasteiger partial charge in [0, 0.05) is 37.0 Å². The number of alkyl halides is 3. The van der Waals surface area contributed by atoms with Crippen molar-refractivity contribution in [3.8, 4) is 17.0 Å². The molecule has 0 saturated carbocycles. The number of hydrogen-bond donors (Lipinski definition) is 1. The Morgan fingerprint density at radius 1 is 1.15 bits per heavy atom. The second-order valence-electron chi connectivity index (χ2n) is 7.53. The third-order valence-corrected chi connectivity index (χ3v) is 5.09. The highest BCUT2D eigenvalue weighted by atomic mass is 19.4. The summed E-state index contributed by atoms with van der Waals surface area (Å²) in [5, 5.41) is 10.8. The summed E-state index contributed by atoms with van der Waals surface area (Å²) in [4.78, 5) is 19.4. The maximum atomic E-state index is 12.8. The van der Waals surface area contributed by atoms with Crippen molar-refractivity contribution < 1.29 is 27.4 Å². The molecule has 1 aliphatic rings. The number of anilines is 1. The van der Waals surface area contributed by atoms with Crippen LogP contribution in [0.4, 0.5) is 19.0 Å². The molecule has 8 nitrogen and oxygen atoms in total. The number of benzene rings is 1. The molecule has 3 aromatic rings. The normalized spacial score (nSPS) is 14.0. The molecule has 0 atom stereocenters. The van der Waals surface area contributed by atoms with Gasteiger partial charge in [0.05, 0.1) is 30.7 Å². The van der Waals surface area contributed by atoms with Crippen LogP contribution >= 0.6 is 0 Å². The summed E-state index contributed by atoms with van der Waals surface area (Å²) < 4.78 is 47.0. The molecule has 4 rings (SSSR count). The SMILES string of the molecule is O=C(NCc1cccnc1N1CCOCC1)c1cnnc(-c2ccc(OCC(F)(F)F)cc2)c1. The number of nitrogens with zero attached hydrogens (tertiary/aromatic N) is 4. The van der Waals surface area contributed by atoms with Gasteiger partial charge in [-0.1, -0.05) is 6.07 Å². The van der Waals surface area contributed by atoms with Gasteiger partial charge < -0.3 is 19.7 Å². The minimum Gasteiger partial charge on any atom is -0.484 e. The van der Waals surface area contributed by atoms with Crippen LogP contribution in [-0.2, 0) is 11.3 Å². The van der Waals surface area contributed by atoms with Crippen LogP contribution in [0.25, 0.3) is 11.3 Å². The minimum atomic E-state index is -4.41. The fourth-order valence-electron chi connectivity index (χ4n) is 3.42. The first-order valence-corrected chi connectivity index (χ1v) is 10.6. The molecular formula is C23H22F3N5O3. The van der Waals surface area contributed by atoms with Gasteiger partial charge in [0.25, 0.3) is 5.91 Å². The molecule has 0 spiro atoms. The van der Waals surface area contributed by atoms with E-state index < -0.39 is 12.8 Å². The van der Waals surface area contributed by atoms with Gasteiger partial charge in [-0.05, 0) is 36.4 Å². The average molecular weight is 473 g/mol. The van der Waals surface area contributed by atoms with E-state index in [0.717, 1.165) is 24.5 Å². The van der Waals surface area contributed by atoms with Gasteiger partial charge >= 0.3 is 6.18 Å². The largest absolute Gasteiger partial charge is 0.484 e. The summed E-state index contributed by atoms with van der Waals surface area (Å²) in [6.07, 6.45) is -1.34. The number of aromatic nitrogens is 3. The molecule has 0 radical (unpaired) electrons. The van der Waals surface area contributed by atoms with Crippen LogP contribution < -0.4 is 15.0 Å². The summed E-state index contributed by atoms with van der Waals surface area (Å²) in [7, 11) is 0. The van der Waals surface area contributed by atoms with Crippen molar-refractivity contribution >= 4 is 11.7 Å². The second-order valence-corrected chi connectivity index (χ2v) is 7.53. The molecule has 1 aliphatic heterocycles. The van der Waals surface area contributed by atoms with Gasteiger partial charge in [-0.25, -0.2) is 4.98 Å². The first-order chi connectivity index (χ1) is 16.4. The molecule has 178 valence electrons. The molecular weight excluding hydrogens is 451 g/mol. The maximum Gasteiger partial charge on any atom is 0.422 e. The van der Waals surface area contributed by atoms with Crippen molar-refractivity contribution in [1.82, 2.24) is 20.5 Å². The third kappa shape index (κ3) is 6.19. The monoisotopic (exact) mass is 473 g/mol. The predicted molar refractivity (Wildman–Crippen MR) is 117 cm³/mol. The molecule has 0 bridgehead atoms. The fourth-order valence-corrected chi connectivity index (χ4v) is 3.42. The molecule has 0 unspecified atom stereocenters. The molecule has 3 heterocycles. The molecule has 1 saturated heterocycles. The van der Waals surface area contributed by atoms with Gasteiger partial charge in [0.1, 0.15) is 11.6 Å². The number of rotatable bonds is 7. The zero-order valence-electron chi connectivity index (χ0n) is 18.1. The zero-order valence-corrected chi connectivity index (χ0v) is 18.1. The molecule has 1 fully saturated rings. The van der Waals surface area contributed by atoms with E-state index in [-0.39, 0.29) is 18.2 Å². The van der Waals surface area contributed by atoms with Crippen LogP contribution in [0, 0.1) is 0 Å². The Labute approximate surface area is 193 Å². The Morgan fingerprint density at radius 3 is 2.65 bits per heavy atom. The first-order valence-electron chi connectivity index (χ1n) is 10.6. The lowest BCUT2D eigenvalue weighted by molar-refractivity contribution is -0.153. The highest BCUT2D eigenvalue weighted by Crippen LogP contribution is 2.23. The maximum absolute atomic E-state index is 12.8. The highest BCUT2D eigenvalue weighted by molar-refractivity contribution is 5.94. The Bertz CT molecular complexity index is 1120. The first kappa shape index (κ1) is 23.4. The van der Waals surface area contributed by atoms with E-state index in [9.17, 15) is 18.0 Å². The topological polar surface area (TPSA) is 89.5 Å². The molecule has 34 heavy (non-hydrogen) atoms. The lowest BCUT2D eigenvalue weighted by Gasteiger charge is -2.29. The van der Waals surface area contributed by atoms with Crippen molar-refractivity contribution in [2.24, 2.45) is 0 Å². The Balaban J connectivity index is 1.41. The lowest BCUT2D eigenvalue weighted by Crippen LogP contribution is -2.37. The van der Waals surface area contributed by atoms with Gasteiger partial charge in [-0.2, -0.15) is 23.4 Å². The van der Waals surface area contributed by atoms with Gasteiger partial charge in [0.15, 0.2) is 6.61 Å². The van der Waals surface area contributed by atoms with Crippen LogP contribution in [0.15, 0.2) is 54.9 Å². The number of carbonyl (C=O) groups is 1. The predicted octanol–water partition coefficient (Wildman–Crippen LogP) is 3.25. The lowest BCUT2D eigenvalue weighted by atomic mass is 10.1. The van der Waals surface area contributed by atoms with Crippen molar-refractivity contribution in [1.29, 1.82) is 0 Å². The second kappa shape index (κ2) is 10.5. The summed E-state index contributed by atoms with van der Waals surface area (Å²) >= 11 is 0. The highest BCUT2D eigenvalue weighted by Gasteiger charge is 2.28. The van der Waals surface area contributed by atoms with Crippen LogP contribution in [0.2, 0.25) is 0 Å². The van der Waals surface area contributed by atoms with E-state index >= 15 is 0 Å². The van der Waals surface area contributed by atoms with Gasteiger partial charge in [0.2, 0.25) is 0 Å². The van der Waals surface area contributed by atoms with E-state index in [1.165, 1.54) is 18.3 Å². The minimum absolute atomic E-state index is 0.0791. The van der Waals surface area contributed by atoms with Crippen molar-refractivity contribution in [2.45, 2.75) is 12.7 Å². The van der Waals surface area contributed by atoms with Gasteiger partial charge in [-0.15, -0.1) is 0 Å². The molecule has 2 aromatic heterocycles. The molecule has 1 amide bonds. The molecule has 1 N–H and O–H groups in total. The fraction of sp³-hybridized carbons (Fsp3) is 0.304. The Kier molecular flexibility index (Phi) is 7.21. The van der Waals surface area contributed by atoms with E-state index in [2.05, 4.69) is 25.4 Å². The number of amides is 1. The molecule has 1 aromatic carbocycles. The molecule has 11 heteroatoms. The summed E-state index contributed by atoms with van der Waals surface area (Å²) in [6, 6.07) is 11.2. The number of hydrogen-bond acceptors (Lipinski definition) is 7. The van der Waals surface area contributed by atoms with Crippen LogP contribution in [0.3, 0.4) is 0 Å². The quantitative estimate of drug-likeness (QED) is 0.564. The average Bonchev–Trinajstić information content (AvgIpc) is 2.87. The van der Waals surface area contributed by atoms with Crippen LogP contribution in [-0.4, -0.2) is 60.2 Å². The zero-order chi connectivity index (χ0) is 24.0. The Morgan fingerprint density at radius 2 is 1.91 bits per heavy atom. The summed E-state index contributed by atoms with van der Waals surface area (Å²) in [5.74, 6) is 0.556. The number of nitrogens with one attached hydrogen (secondary N) is 1. The number of carbonyl (C=O) groups excluding carboxylic acids is 1. The number of morpholine rings is 1. The van der Waals surface area contributed by atoms with Crippen molar-refractivity contribution in [2.75, 3.05) is 37.8 Å². The molecule has 0 aliphatic carbocycles. The number of ether oxygens (including phenoxy) is 2. The van der Waals surface area contributed by atoms with E-state index in [0.29, 0.717) is 30.0 Å². The number of pyridine rings is 1. The van der Waals surface area contributed by atoms with E-state index in [1.807, 2.05) is 12.1 Å².